The molecular weight excluding hydrogens is 295 g/mol. The van der Waals surface area contributed by atoms with Crippen molar-refractivity contribution in [3.8, 4) is 0 Å². The number of rotatable bonds is 5. The van der Waals surface area contributed by atoms with Crippen molar-refractivity contribution in [2.24, 2.45) is 5.92 Å². The minimum absolute atomic E-state index is 0.0192. The summed E-state index contributed by atoms with van der Waals surface area (Å²) in [5.41, 5.74) is 1.56. The lowest BCUT2D eigenvalue weighted by Crippen LogP contribution is -2.23. The zero-order valence-electron chi connectivity index (χ0n) is 12.5. The molecule has 4 nitrogen and oxygen atoms in total. The number of hydrogen-bond donors (Lipinski definition) is 2. The number of nitrogens with one attached hydrogen (secondary N) is 2. The number of anilines is 1. The van der Waals surface area contributed by atoms with Crippen LogP contribution in [0.5, 0.6) is 0 Å². The van der Waals surface area contributed by atoms with Gasteiger partial charge in [0.1, 0.15) is 5.82 Å². The van der Waals surface area contributed by atoms with Crippen LogP contribution in [0.25, 0.3) is 0 Å². The SMILES string of the molecule is O=C(NCc1cccc(NC(=O)C2CC2)c1)c1ccccc1F. The van der Waals surface area contributed by atoms with Crippen molar-refractivity contribution in [3.63, 3.8) is 0 Å². The number of halogens is 1. The molecule has 2 amide bonds. The van der Waals surface area contributed by atoms with E-state index < -0.39 is 11.7 Å². The Bertz CT molecular complexity index is 741. The van der Waals surface area contributed by atoms with Crippen molar-refractivity contribution >= 4 is 17.5 Å². The fraction of sp³-hybridized carbons (Fsp3) is 0.222. The van der Waals surface area contributed by atoms with Gasteiger partial charge in [0.05, 0.1) is 5.56 Å². The van der Waals surface area contributed by atoms with Gasteiger partial charge in [0.25, 0.3) is 5.91 Å². The molecule has 0 unspecified atom stereocenters. The molecule has 1 saturated carbocycles. The zero-order chi connectivity index (χ0) is 16.2. The summed E-state index contributed by atoms with van der Waals surface area (Å²) in [6.07, 6.45) is 1.90. The van der Waals surface area contributed by atoms with Gasteiger partial charge in [-0.15, -0.1) is 0 Å². The van der Waals surface area contributed by atoms with Gasteiger partial charge < -0.3 is 10.6 Å². The Labute approximate surface area is 133 Å². The summed E-state index contributed by atoms with van der Waals surface area (Å²) in [6, 6.07) is 13.1. The summed E-state index contributed by atoms with van der Waals surface area (Å²) in [4.78, 5) is 23.7. The predicted molar refractivity (Wildman–Crippen MR) is 85.4 cm³/mol. The van der Waals surface area contributed by atoms with Gasteiger partial charge in [0.2, 0.25) is 5.91 Å². The molecule has 118 valence electrons. The number of hydrogen-bond acceptors (Lipinski definition) is 2. The normalized spacial score (nSPS) is 13.4. The van der Waals surface area contributed by atoms with Gasteiger partial charge in [-0.1, -0.05) is 24.3 Å². The highest BCUT2D eigenvalue weighted by Gasteiger charge is 2.29. The van der Waals surface area contributed by atoms with Crippen molar-refractivity contribution in [3.05, 3.63) is 65.5 Å². The van der Waals surface area contributed by atoms with E-state index in [1.807, 2.05) is 24.3 Å². The van der Waals surface area contributed by atoms with Crippen molar-refractivity contribution in [1.82, 2.24) is 5.32 Å². The van der Waals surface area contributed by atoms with E-state index in [9.17, 15) is 14.0 Å². The molecule has 0 aliphatic heterocycles. The third kappa shape index (κ3) is 3.94. The van der Waals surface area contributed by atoms with E-state index in [4.69, 9.17) is 0 Å². The van der Waals surface area contributed by atoms with Crippen LogP contribution >= 0.6 is 0 Å². The number of carbonyl (C=O) groups is 2. The molecule has 3 rings (SSSR count). The molecule has 0 heterocycles. The van der Waals surface area contributed by atoms with Gasteiger partial charge in [0, 0.05) is 18.2 Å². The van der Waals surface area contributed by atoms with E-state index in [-0.39, 0.29) is 23.9 Å². The summed E-state index contributed by atoms with van der Waals surface area (Å²) >= 11 is 0. The molecule has 0 atom stereocenters. The molecule has 2 aromatic carbocycles. The quantitative estimate of drug-likeness (QED) is 0.891. The predicted octanol–water partition coefficient (Wildman–Crippen LogP) is 3.10. The first kappa shape index (κ1) is 15.2. The second-order valence-corrected chi connectivity index (χ2v) is 5.63. The Morgan fingerprint density at radius 1 is 1.09 bits per heavy atom. The molecule has 1 fully saturated rings. The van der Waals surface area contributed by atoms with Crippen LogP contribution in [0.15, 0.2) is 48.5 Å². The molecule has 0 bridgehead atoms. The lowest BCUT2D eigenvalue weighted by atomic mass is 10.1. The fourth-order valence-electron chi connectivity index (χ4n) is 2.27. The van der Waals surface area contributed by atoms with Gasteiger partial charge in [-0.05, 0) is 42.7 Å². The Morgan fingerprint density at radius 3 is 2.61 bits per heavy atom. The molecule has 0 saturated heterocycles. The molecule has 0 spiro atoms. The zero-order valence-corrected chi connectivity index (χ0v) is 12.5. The maximum atomic E-state index is 13.5. The smallest absolute Gasteiger partial charge is 0.254 e. The van der Waals surface area contributed by atoms with Gasteiger partial charge in [-0.3, -0.25) is 9.59 Å². The van der Waals surface area contributed by atoms with Crippen LogP contribution in [0, 0.1) is 11.7 Å². The van der Waals surface area contributed by atoms with Gasteiger partial charge in [0.15, 0.2) is 0 Å². The number of amides is 2. The first-order valence-corrected chi connectivity index (χ1v) is 7.56. The van der Waals surface area contributed by atoms with Crippen LogP contribution < -0.4 is 10.6 Å². The second kappa shape index (κ2) is 6.60. The van der Waals surface area contributed by atoms with E-state index in [1.54, 1.807) is 6.07 Å². The molecule has 1 aliphatic carbocycles. The molecule has 5 heteroatoms. The molecule has 0 aromatic heterocycles. The van der Waals surface area contributed by atoms with Crippen LogP contribution in [-0.4, -0.2) is 11.8 Å². The maximum absolute atomic E-state index is 13.5. The average Bonchev–Trinajstić information content (AvgIpc) is 3.38. The summed E-state index contributed by atoms with van der Waals surface area (Å²) < 4.78 is 13.5. The van der Waals surface area contributed by atoms with E-state index in [0.717, 1.165) is 18.4 Å². The lowest BCUT2D eigenvalue weighted by molar-refractivity contribution is -0.117. The van der Waals surface area contributed by atoms with Crippen molar-refractivity contribution < 1.29 is 14.0 Å². The number of benzene rings is 2. The van der Waals surface area contributed by atoms with Crippen LogP contribution in [0.4, 0.5) is 10.1 Å². The monoisotopic (exact) mass is 312 g/mol. The third-order valence-electron chi connectivity index (χ3n) is 3.71. The minimum atomic E-state index is -0.546. The summed E-state index contributed by atoms with van der Waals surface area (Å²) in [6.45, 7) is 0.264. The average molecular weight is 312 g/mol. The van der Waals surface area contributed by atoms with Gasteiger partial charge >= 0.3 is 0 Å². The highest BCUT2D eigenvalue weighted by atomic mass is 19.1. The third-order valence-corrected chi connectivity index (χ3v) is 3.71. The molecule has 23 heavy (non-hydrogen) atoms. The summed E-state index contributed by atoms with van der Waals surface area (Å²) in [5, 5.41) is 5.54. The van der Waals surface area contributed by atoms with Gasteiger partial charge in [-0.25, -0.2) is 4.39 Å². The largest absolute Gasteiger partial charge is 0.348 e. The van der Waals surface area contributed by atoms with E-state index in [1.165, 1.54) is 18.2 Å². The highest BCUT2D eigenvalue weighted by Crippen LogP contribution is 2.30. The topological polar surface area (TPSA) is 58.2 Å². The van der Waals surface area contributed by atoms with Gasteiger partial charge in [-0.2, -0.15) is 0 Å². The van der Waals surface area contributed by atoms with E-state index >= 15 is 0 Å². The Kier molecular flexibility index (Phi) is 4.37. The first-order valence-electron chi connectivity index (χ1n) is 7.56. The van der Waals surface area contributed by atoms with Crippen LogP contribution in [0.2, 0.25) is 0 Å². The van der Waals surface area contributed by atoms with Crippen molar-refractivity contribution in [2.75, 3.05) is 5.32 Å². The first-order chi connectivity index (χ1) is 11.1. The molecular formula is C18H17FN2O2. The minimum Gasteiger partial charge on any atom is -0.348 e. The second-order valence-electron chi connectivity index (χ2n) is 5.63. The lowest BCUT2D eigenvalue weighted by Gasteiger charge is -2.09. The van der Waals surface area contributed by atoms with Crippen LogP contribution in [0.3, 0.4) is 0 Å². The molecule has 2 aromatic rings. The molecule has 1 aliphatic rings. The number of carbonyl (C=O) groups excluding carboxylic acids is 2. The Hall–Kier alpha value is -2.69. The Morgan fingerprint density at radius 2 is 1.87 bits per heavy atom. The molecule has 0 radical (unpaired) electrons. The van der Waals surface area contributed by atoms with E-state index in [2.05, 4.69) is 10.6 Å². The van der Waals surface area contributed by atoms with Crippen molar-refractivity contribution in [1.29, 1.82) is 0 Å². The van der Waals surface area contributed by atoms with Crippen molar-refractivity contribution in [2.45, 2.75) is 19.4 Å². The maximum Gasteiger partial charge on any atom is 0.254 e. The summed E-state index contributed by atoms with van der Waals surface area (Å²) in [7, 11) is 0. The standard InChI is InChI=1S/C18H17FN2O2/c19-16-7-2-1-6-15(16)18(23)20-11-12-4-3-5-14(10-12)21-17(22)13-8-9-13/h1-7,10,13H,8-9,11H2,(H,20,23)(H,21,22). The van der Waals surface area contributed by atoms with Crippen LogP contribution in [-0.2, 0) is 11.3 Å². The Balaban J connectivity index is 1.60. The van der Waals surface area contributed by atoms with E-state index in [0.29, 0.717) is 5.69 Å². The fourth-order valence-corrected chi connectivity index (χ4v) is 2.27. The van der Waals surface area contributed by atoms with Crippen LogP contribution in [0.1, 0.15) is 28.8 Å². The highest BCUT2D eigenvalue weighted by molar-refractivity contribution is 5.95. The molecule has 2 N–H and O–H groups in total. The summed E-state index contributed by atoms with van der Waals surface area (Å²) in [5.74, 6) is -0.831.